The monoisotopic (exact) mass is 659 g/mol. The Kier molecular flexibility index (Phi) is 6.61. The molecule has 0 N–H and O–H groups in total. The lowest BCUT2D eigenvalue weighted by Crippen LogP contribution is -2.11. The van der Waals surface area contributed by atoms with Crippen LogP contribution in [0.2, 0.25) is 0 Å². The molecule has 0 aliphatic rings. The highest BCUT2D eigenvalue weighted by molar-refractivity contribution is 7.26. The second kappa shape index (κ2) is 11.5. The molecule has 2 aromatic heterocycles. The van der Waals surface area contributed by atoms with E-state index in [-0.39, 0.29) is 0 Å². The molecule has 0 unspecified atom stereocenters. The number of anilines is 3. The van der Waals surface area contributed by atoms with Gasteiger partial charge in [-0.2, -0.15) is 0 Å². The van der Waals surface area contributed by atoms with E-state index >= 15 is 0 Å². The third-order valence-electron chi connectivity index (χ3n) is 9.68. The van der Waals surface area contributed by atoms with Gasteiger partial charge in [0.25, 0.3) is 0 Å². The van der Waals surface area contributed by atoms with Crippen LogP contribution in [0.3, 0.4) is 0 Å². The van der Waals surface area contributed by atoms with Gasteiger partial charge in [-0.3, -0.25) is 0 Å². The fourth-order valence-electron chi connectivity index (χ4n) is 7.46. The van der Waals surface area contributed by atoms with Crippen molar-refractivity contribution in [2.45, 2.75) is 0 Å². The van der Waals surface area contributed by atoms with Gasteiger partial charge in [0.05, 0.1) is 16.1 Å². The zero-order valence-electron chi connectivity index (χ0n) is 26.5. The predicted molar refractivity (Wildman–Crippen MR) is 215 cm³/mol. The molecular weight excluding hydrogens is 631 g/mol. The van der Waals surface area contributed by atoms with Crippen molar-refractivity contribution in [3.05, 3.63) is 176 Å². The molecule has 1 nitrogen and oxygen atoms in total. The summed E-state index contributed by atoms with van der Waals surface area (Å²) >= 11 is 3.76. The Bertz CT molecular complexity index is 2830. The Hall–Kier alpha value is -5.74. The summed E-state index contributed by atoms with van der Waals surface area (Å²) in [6.45, 7) is 0. The molecule has 0 radical (unpaired) electrons. The second-order valence-corrected chi connectivity index (χ2v) is 14.6. The lowest BCUT2D eigenvalue weighted by atomic mass is 9.95. The van der Waals surface area contributed by atoms with Crippen molar-refractivity contribution in [2.75, 3.05) is 4.90 Å². The van der Waals surface area contributed by atoms with Gasteiger partial charge in [-0.25, -0.2) is 0 Å². The Morgan fingerprint density at radius 1 is 0.347 bits per heavy atom. The van der Waals surface area contributed by atoms with Gasteiger partial charge in [0.1, 0.15) is 0 Å². The van der Waals surface area contributed by atoms with Gasteiger partial charge in [-0.15, -0.1) is 22.7 Å². The van der Waals surface area contributed by atoms with Crippen molar-refractivity contribution in [2.24, 2.45) is 0 Å². The zero-order valence-corrected chi connectivity index (χ0v) is 28.1. The topological polar surface area (TPSA) is 3.24 Å². The lowest BCUT2D eigenvalue weighted by Gasteiger charge is -2.28. The Morgan fingerprint density at radius 3 is 1.65 bits per heavy atom. The van der Waals surface area contributed by atoms with Crippen molar-refractivity contribution in [1.82, 2.24) is 0 Å². The van der Waals surface area contributed by atoms with E-state index in [4.69, 9.17) is 0 Å². The smallest absolute Gasteiger partial charge is 0.0641 e. The van der Waals surface area contributed by atoms with Gasteiger partial charge in [0.15, 0.2) is 0 Å². The maximum absolute atomic E-state index is 2.51. The van der Waals surface area contributed by atoms with Crippen LogP contribution in [0.15, 0.2) is 176 Å². The maximum atomic E-state index is 2.51. The molecule has 2 heterocycles. The molecule has 0 fully saturated rings. The summed E-state index contributed by atoms with van der Waals surface area (Å²) < 4.78 is 5.20. The van der Waals surface area contributed by atoms with Crippen LogP contribution in [0.5, 0.6) is 0 Å². The van der Waals surface area contributed by atoms with E-state index < -0.39 is 0 Å². The number of hydrogen-bond acceptors (Lipinski definition) is 3. The first kappa shape index (κ1) is 28.3. The molecule has 0 amide bonds. The van der Waals surface area contributed by atoms with Crippen molar-refractivity contribution >= 4 is 90.9 Å². The van der Waals surface area contributed by atoms with Crippen LogP contribution in [0, 0.1) is 0 Å². The third kappa shape index (κ3) is 4.58. The highest BCUT2D eigenvalue weighted by atomic mass is 32.1. The fourth-order valence-corrected chi connectivity index (χ4v) is 9.83. The van der Waals surface area contributed by atoms with Crippen LogP contribution in [-0.2, 0) is 0 Å². The molecule has 230 valence electrons. The van der Waals surface area contributed by atoms with Crippen LogP contribution in [0.25, 0.3) is 73.4 Å². The number of hydrogen-bond donors (Lipinski definition) is 0. The van der Waals surface area contributed by atoms with Crippen LogP contribution in [-0.4, -0.2) is 0 Å². The number of thiophene rings is 2. The van der Waals surface area contributed by atoms with Crippen molar-refractivity contribution in [3.63, 3.8) is 0 Å². The Labute approximate surface area is 292 Å². The number of rotatable bonds is 5. The maximum Gasteiger partial charge on any atom is 0.0641 e. The molecule has 0 spiro atoms. The summed E-state index contributed by atoms with van der Waals surface area (Å²) in [5.74, 6) is 0. The summed E-state index contributed by atoms with van der Waals surface area (Å²) in [4.78, 5) is 2.51. The van der Waals surface area contributed by atoms with Gasteiger partial charge in [0, 0.05) is 46.7 Å². The fraction of sp³-hybridized carbons (Fsp3) is 0. The van der Waals surface area contributed by atoms with Crippen molar-refractivity contribution < 1.29 is 0 Å². The molecule has 0 bridgehead atoms. The molecule has 0 saturated carbocycles. The predicted octanol–water partition coefficient (Wildman–Crippen LogP) is 14.4. The summed E-state index contributed by atoms with van der Waals surface area (Å²) in [5, 5.41) is 7.70. The minimum absolute atomic E-state index is 1.16. The molecule has 0 saturated heterocycles. The molecule has 3 heteroatoms. The van der Waals surface area contributed by atoms with Crippen LogP contribution in [0.4, 0.5) is 17.1 Å². The summed E-state index contributed by atoms with van der Waals surface area (Å²) in [5.41, 5.74) is 8.48. The largest absolute Gasteiger partial charge is 0.308 e. The Morgan fingerprint density at radius 2 is 0.898 bits per heavy atom. The summed E-state index contributed by atoms with van der Waals surface area (Å²) in [6.07, 6.45) is 0. The van der Waals surface area contributed by atoms with Gasteiger partial charge < -0.3 is 4.90 Å². The lowest BCUT2D eigenvalue weighted by molar-refractivity contribution is 1.32. The molecule has 10 aromatic rings. The van der Waals surface area contributed by atoms with Crippen LogP contribution < -0.4 is 4.90 Å². The van der Waals surface area contributed by atoms with Gasteiger partial charge >= 0.3 is 0 Å². The normalized spacial score (nSPS) is 11.7. The first-order valence-electron chi connectivity index (χ1n) is 16.6. The second-order valence-electron chi connectivity index (χ2n) is 12.5. The third-order valence-corrected chi connectivity index (χ3v) is 12.0. The van der Waals surface area contributed by atoms with Crippen molar-refractivity contribution in [1.29, 1.82) is 0 Å². The van der Waals surface area contributed by atoms with E-state index in [2.05, 4.69) is 181 Å². The Balaban J connectivity index is 1.29. The highest BCUT2D eigenvalue weighted by Gasteiger charge is 2.23. The first-order chi connectivity index (χ1) is 24.3. The van der Waals surface area contributed by atoms with Gasteiger partial charge in [-0.1, -0.05) is 140 Å². The SMILES string of the molecule is c1ccc(-c2ccc(N(c3ccc4c(c3)sc3ccccc34)c3ccc(-c4ccccc4)c4c3sc3ccccc34)c3ccccc23)cc1. The average Bonchev–Trinajstić information content (AvgIpc) is 3.75. The summed E-state index contributed by atoms with van der Waals surface area (Å²) in [7, 11) is 0. The molecule has 10 rings (SSSR count). The van der Waals surface area contributed by atoms with Crippen LogP contribution in [0.1, 0.15) is 0 Å². The minimum Gasteiger partial charge on any atom is -0.308 e. The molecular formula is C46H29NS2. The van der Waals surface area contributed by atoms with E-state index in [0.29, 0.717) is 0 Å². The van der Waals surface area contributed by atoms with E-state index in [1.165, 1.54) is 84.7 Å². The standard InChI is InChI=1S/C46H29NS2/c1-3-13-30(14-4-1)33-25-27-40(36-18-8-7-17-35(33)36)47(32-23-24-38-37-19-9-11-21-42(37)48-44(38)29-32)41-28-26-34(31-15-5-2-6-16-31)45-39-20-10-12-22-43(39)49-46(41)45/h1-29H. The molecule has 49 heavy (non-hydrogen) atoms. The quantitative estimate of drug-likeness (QED) is 0.178. The highest BCUT2D eigenvalue weighted by Crippen LogP contribution is 2.50. The van der Waals surface area contributed by atoms with E-state index in [0.717, 1.165) is 5.69 Å². The van der Waals surface area contributed by atoms with E-state index in [1.54, 1.807) is 0 Å². The van der Waals surface area contributed by atoms with E-state index in [1.807, 2.05) is 22.7 Å². The molecule has 8 aromatic carbocycles. The van der Waals surface area contributed by atoms with Gasteiger partial charge in [0.2, 0.25) is 0 Å². The van der Waals surface area contributed by atoms with Crippen molar-refractivity contribution in [3.8, 4) is 22.3 Å². The first-order valence-corrected chi connectivity index (χ1v) is 18.2. The average molecular weight is 660 g/mol. The van der Waals surface area contributed by atoms with E-state index in [9.17, 15) is 0 Å². The molecule has 0 aliphatic carbocycles. The number of nitrogens with zero attached hydrogens (tertiary/aromatic N) is 1. The number of benzene rings is 8. The van der Waals surface area contributed by atoms with Crippen LogP contribution >= 0.6 is 22.7 Å². The van der Waals surface area contributed by atoms with Gasteiger partial charge in [-0.05, 0) is 64.0 Å². The summed E-state index contributed by atoms with van der Waals surface area (Å²) in [6, 6.07) is 64.4. The zero-order chi connectivity index (χ0) is 32.3. The number of fused-ring (bicyclic) bond motifs is 7. The molecule has 0 atom stereocenters. The molecule has 0 aliphatic heterocycles. The minimum atomic E-state index is 1.16.